The SMILES string of the molecule is N#Cc1ncc(O[C@H]2CC[C@H](NC(=O)c3ncccn3)CC2)cc1C(F)(F)F. The Kier molecular flexibility index (Phi) is 5.73. The van der Waals surface area contributed by atoms with Crippen LogP contribution in [0.4, 0.5) is 13.2 Å². The smallest absolute Gasteiger partial charge is 0.419 e. The Morgan fingerprint density at radius 1 is 1.18 bits per heavy atom. The molecule has 1 N–H and O–H groups in total. The molecule has 0 bridgehead atoms. The topological polar surface area (TPSA) is 101 Å². The van der Waals surface area contributed by atoms with E-state index in [1.807, 2.05) is 0 Å². The highest BCUT2D eigenvalue weighted by atomic mass is 19.4. The van der Waals surface area contributed by atoms with E-state index in [1.165, 1.54) is 18.5 Å². The first kappa shape index (κ1) is 19.5. The molecule has 2 heterocycles. The number of hydrogen-bond acceptors (Lipinski definition) is 6. The summed E-state index contributed by atoms with van der Waals surface area (Å²) >= 11 is 0. The molecule has 1 saturated carbocycles. The second kappa shape index (κ2) is 8.21. The standard InChI is InChI=1S/C18H16F3N5O2/c19-18(20,21)14-8-13(10-25-15(14)9-22)28-12-4-2-11(3-5-12)26-17(27)16-23-6-1-7-24-16/h1,6-8,10-12H,2-5H2,(H,26,27)/t11-,12-. The van der Waals surface area contributed by atoms with Crippen LogP contribution in [-0.2, 0) is 6.18 Å². The number of nitriles is 1. The highest BCUT2D eigenvalue weighted by Crippen LogP contribution is 2.34. The molecule has 7 nitrogen and oxygen atoms in total. The number of halogens is 3. The highest BCUT2D eigenvalue weighted by Gasteiger charge is 2.35. The van der Waals surface area contributed by atoms with Gasteiger partial charge in [-0.2, -0.15) is 18.4 Å². The average Bonchev–Trinajstić information content (AvgIpc) is 2.69. The van der Waals surface area contributed by atoms with Gasteiger partial charge in [-0.25, -0.2) is 15.0 Å². The van der Waals surface area contributed by atoms with E-state index in [-0.39, 0.29) is 29.6 Å². The number of ether oxygens (including phenoxy) is 1. The quantitative estimate of drug-likeness (QED) is 0.860. The maximum absolute atomic E-state index is 13.0. The van der Waals surface area contributed by atoms with Gasteiger partial charge in [0.05, 0.1) is 17.9 Å². The van der Waals surface area contributed by atoms with Gasteiger partial charge in [-0.15, -0.1) is 0 Å². The molecule has 2 aromatic rings. The Labute approximate surface area is 158 Å². The van der Waals surface area contributed by atoms with Crippen LogP contribution in [0.25, 0.3) is 0 Å². The van der Waals surface area contributed by atoms with Crippen molar-refractivity contribution in [1.29, 1.82) is 5.26 Å². The van der Waals surface area contributed by atoms with Crippen molar-refractivity contribution in [3.63, 3.8) is 0 Å². The van der Waals surface area contributed by atoms with Gasteiger partial charge in [-0.05, 0) is 37.8 Å². The van der Waals surface area contributed by atoms with Gasteiger partial charge in [0.15, 0.2) is 5.69 Å². The summed E-state index contributed by atoms with van der Waals surface area (Å²) in [4.78, 5) is 23.4. The number of carbonyl (C=O) groups excluding carboxylic acids is 1. The van der Waals surface area contributed by atoms with Crippen molar-refractivity contribution in [1.82, 2.24) is 20.3 Å². The first-order chi connectivity index (χ1) is 13.4. The molecule has 0 aromatic carbocycles. The van der Waals surface area contributed by atoms with Gasteiger partial charge >= 0.3 is 6.18 Å². The molecule has 0 spiro atoms. The van der Waals surface area contributed by atoms with Crippen molar-refractivity contribution in [2.24, 2.45) is 0 Å². The number of amides is 1. The molecule has 10 heteroatoms. The van der Waals surface area contributed by atoms with E-state index in [1.54, 1.807) is 6.07 Å². The molecule has 3 rings (SSSR count). The summed E-state index contributed by atoms with van der Waals surface area (Å²) in [5.74, 6) is -0.309. The van der Waals surface area contributed by atoms with Gasteiger partial charge in [0.2, 0.25) is 5.82 Å². The third-order valence-electron chi connectivity index (χ3n) is 4.35. The van der Waals surface area contributed by atoms with Crippen molar-refractivity contribution in [3.8, 4) is 11.8 Å². The van der Waals surface area contributed by atoms with Crippen LogP contribution in [0.15, 0.2) is 30.7 Å². The fraction of sp³-hybridized carbons (Fsp3) is 0.389. The molecule has 0 saturated heterocycles. The van der Waals surface area contributed by atoms with Gasteiger partial charge in [0, 0.05) is 18.4 Å². The number of nitrogens with zero attached hydrogens (tertiary/aromatic N) is 4. The Bertz CT molecular complexity index is 875. The first-order valence-corrected chi connectivity index (χ1v) is 8.58. The van der Waals surface area contributed by atoms with Crippen LogP contribution in [0.2, 0.25) is 0 Å². The number of alkyl halides is 3. The molecule has 0 radical (unpaired) electrons. The number of carbonyl (C=O) groups is 1. The second-order valence-corrected chi connectivity index (χ2v) is 6.31. The summed E-state index contributed by atoms with van der Waals surface area (Å²) in [7, 11) is 0. The Morgan fingerprint density at radius 2 is 1.86 bits per heavy atom. The van der Waals surface area contributed by atoms with Crippen LogP contribution in [-0.4, -0.2) is 33.0 Å². The van der Waals surface area contributed by atoms with Crippen LogP contribution >= 0.6 is 0 Å². The van der Waals surface area contributed by atoms with Gasteiger partial charge in [0.25, 0.3) is 5.91 Å². The minimum absolute atomic E-state index is 0.0310. The van der Waals surface area contributed by atoms with Crippen LogP contribution < -0.4 is 10.1 Å². The first-order valence-electron chi connectivity index (χ1n) is 8.58. The van der Waals surface area contributed by atoms with E-state index in [9.17, 15) is 18.0 Å². The highest BCUT2D eigenvalue weighted by molar-refractivity contribution is 5.90. The van der Waals surface area contributed by atoms with Gasteiger partial charge in [0.1, 0.15) is 11.8 Å². The van der Waals surface area contributed by atoms with E-state index >= 15 is 0 Å². The Balaban J connectivity index is 1.56. The molecule has 1 fully saturated rings. The summed E-state index contributed by atoms with van der Waals surface area (Å²) in [6, 6.07) is 3.76. The molecular formula is C18H16F3N5O2. The van der Waals surface area contributed by atoms with Crippen molar-refractivity contribution >= 4 is 5.91 Å². The fourth-order valence-corrected chi connectivity index (χ4v) is 3.00. The predicted octanol–water partition coefficient (Wildman–Crippen LogP) is 2.88. The molecule has 1 amide bonds. The fourth-order valence-electron chi connectivity index (χ4n) is 3.00. The normalized spacial score (nSPS) is 19.5. The van der Waals surface area contributed by atoms with E-state index in [2.05, 4.69) is 20.3 Å². The molecule has 2 aromatic heterocycles. The summed E-state index contributed by atoms with van der Waals surface area (Å²) in [6.45, 7) is 0. The molecule has 0 unspecified atom stereocenters. The van der Waals surface area contributed by atoms with Crippen LogP contribution in [0.1, 0.15) is 47.6 Å². The predicted molar refractivity (Wildman–Crippen MR) is 90.1 cm³/mol. The van der Waals surface area contributed by atoms with Crippen molar-refractivity contribution in [2.45, 2.75) is 44.0 Å². The molecule has 0 aliphatic heterocycles. The molecule has 1 aliphatic rings. The van der Waals surface area contributed by atoms with Crippen LogP contribution in [0.5, 0.6) is 5.75 Å². The Morgan fingerprint density at radius 3 is 2.46 bits per heavy atom. The number of aromatic nitrogens is 3. The lowest BCUT2D eigenvalue weighted by atomic mass is 9.93. The van der Waals surface area contributed by atoms with Gasteiger partial charge < -0.3 is 10.1 Å². The molecule has 0 atom stereocenters. The van der Waals surface area contributed by atoms with Crippen molar-refractivity contribution < 1.29 is 22.7 Å². The zero-order valence-electron chi connectivity index (χ0n) is 14.6. The summed E-state index contributed by atoms with van der Waals surface area (Å²) in [5, 5.41) is 11.6. The summed E-state index contributed by atoms with van der Waals surface area (Å²) < 4.78 is 44.6. The minimum Gasteiger partial charge on any atom is -0.489 e. The van der Waals surface area contributed by atoms with Gasteiger partial charge in [-0.3, -0.25) is 4.79 Å². The third-order valence-corrected chi connectivity index (χ3v) is 4.35. The molecule has 28 heavy (non-hydrogen) atoms. The van der Waals surface area contributed by atoms with Crippen LogP contribution in [0, 0.1) is 11.3 Å². The average molecular weight is 391 g/mol. The number of pyridine rings is 1. The van der Waals surface area contributed by atoms with Crippen LogP contribution in [0.3, 0.4) is 0 Å². The van der Waals surface area contributed by atoms with E-state index in [0.29, 0.717) is 25.7 Å². The molecular weight excluding hydrogens is 375 g/mol. The lowest BCUT2D eigenvalue weighted by Crippen LogP contribution is -2.40. The number of hydrogen-bond donors (Lipinski definition) is 1. The van der Waals surface area contributed by atoms with E-state index < -0.39 is 17.4 Å². The third kappa shape index (κ3) is 4.73. The number of nitrogens with one attached hydrogen (secondary N) is 1. The Hall–Kier alpha value is -3.22. The zero-order chi connectivity index (χ0) is 20.1. The maximum Gasteiger partial charge on any atom is 0.419 e. The summed E-state index contributed by atoms with van der Waals surface area (Å²) in [6.07, 6.45) is 1.44. The monoisotopic (exact) mass is 391 g/mol. The number of rotatable bonds is 4. The van der Waals surface area contributed by atoms with Gasteiger partial charge in [-0.1, -0.05) is 0 Å². The minimum atomic E-state index is -4.68. The van der Waals surface area contributed by atoms with E-state index in [0.717, 1.165) is 12.3 Å². The zero-order valence-corrected chi connectivity index (χ0v) is 14.6. The van der Waals surface area contributed by atoms with E-state index in [4.69, 9.17) is 10.00 Å². The van der Waals surface area contributed by atoms with Crippen molar-refractivity contribution in [3.05, 3.63) is 47.8 Å². The largest absolute Gasteiger partial charge is 0.489 e. The molecule has 1 aliphatic carbocycles. The lowest BCUT2D eigenvalue weighted by molar-refractivity contribution is -0.138. The molecule has 146 valence electrons. The second-order valence-electron chi connectivity index (χ2n) is 6.31. The summed E-state index contributed by atoms with van der Waals surface area (Å²) in [5.41, 5.74) is -1.80. The maximum atomic E-state index is 13.0. The lowest BCUT2D eigenvalue weighted by Gasteiger charge is -2.29. The van der Waals surface area contributed by atoms with Crippen molar-refractivity contribution in [2.75, 3.05) is 0 Å².